The van der Waals surface area contributed by atoms with Crippen LogP contribution in [0.1, 0.15) is 5.56 Å². The molecule has 0 saturated heterocycles. The van der Waals surface area contributed by atoms with Crippen LogP contribution in [0.5, 0.6) is 0 Å². The first-order valence-electron chi connectivity index (χ1n) is 6.08. The minimum Gasteiger partial charge on any atom is -0.345 e. The van der Waals surface area contributed by atoms with Gasteiger partial charge in [-0.1, -0.05) is 24.3 Å². The number of fused-ring (bicyclic) bond motifs is 3. The van der Waals surface area contributed by atoms with Gasteiger partial charge in [-0.3, -0.25) is 4.40 Å². The molecule has 0 aliphatic heterocycles. The molecule has 3 aromatic heterocycles. The quantitative estimate of drug-likeness (QED) is 0.564. The summed E-state index contributed by atoms with van der Waals surface area (Å²) in [5.74, 6) is 0.847. The fourth-order valence-electron chi connectivity index (χ4n) is 2.37. The third kappa shape index (κ3) is 1.38. The first-order valence-corrected chi connectivity index (χ1v) is 6.08. The maximum absolute atomic E-state index is 4.32. The third-order valence-electron chi connectivity index (χ3n) is 3.33. The van der Waals surface area contributed by atoms with Crippen molar-refractivity contribution in [3.63, 3.8) is 0 Å². The van der Waals surface area contributed by atoms with Crippen LogP contribution < -0.4 is 0 Å². The van der Waals surface area contributed by atoms with Crippen molar-refractivity contribution in [1.29, 1.82) is 0 Å². The molecule has 19 heavy (non-hydrogen) atoms. The van der Waals surface area contributed by atoms with Crippen molar-refractivity contribution in [3.8, 4) is 11.4 Å². The van der Waals surface area contributed by atoms with Gasteiger partial charge in [-0.05, 0) is 18.6 Å². The van der Waals surface area contributed by atoms with E-state index < -0.39 is 0 Å². The van der Waals surface area contributed by atoms with Gasteiger partial charge in [-0.25, -0.2) is 4.98 Å². The van der Waals surface area contributed by atoms with Crippen molar-refractivity contribution in [2.24, 2.45) is 0 Å². The van der Waals surface area contributed by atoms with Gasteiger partial charge in [0.2, 0.25) is 0 Å². The number of aromatic nitrogens is 5. The lowest BCUT2D eigenvalue weighted by molar-refractivity contribution is 1.11. The van der Waals surface area contributed by atoms with E-state index in [1.807, 2.05) is 28.8 Å². The Bertz CT molecular complexity index is 887. The number of nitrogens with one attached hydrogen (secondary N) is 1. The molecular formula is C14H11N5. The molecule has 0 fully saturated rings. The fourth-order valence-corrected chi connectivity index (χ4v) is 2.37. The smallest absolute Gasteiger partial charge is 0.180 e. The highest BCUT2D eigenvalue weighted by Crippen LogP contribution is 2.24. The van der Waals surface area contributed by atoms with Gasteiger partial charge >= 0.3 is 0 Å². The highest BCUT2D eigenvalue weighted by Gasteiger charge is 2.13. The molecule has 0 saturated carbocycles. The first-order chi connectivity index (χ1) is 9.34. The van der Waals surface area contributed by atoms with Crippen LogP contribution in [0.3, 0.4) is 0 Å². The van der Waals surface area contributed by atoms with E-state index in [4.69, 9.17) is 0 Å². The average Bonchev–Trinajstić information content (AvgIpc) is 3.04. The standard InChI is InChI=1S/C14H11N5/c1-9-4-2-3-5-10(9)14-18-17-12-8-16-13-11(19(12)14)6-7-15-13/h2-8,15H,1H3. The Morgan fingerprint density at radius 2 is 2.00 bits per heavy atom. The predicted octanol–water partition coefficient (Wildman–Crippen LogP) is 2.58. The number of aromatic amines is 1. The van der Waals surface area contributed by atoms with E-state index >= 15 is 0 Å². The molecule has 5 heteroatoms. The summed E-state index contributed by atoms with van der Waals surface area (Å²) >= 11 is 0. The van der Waals surface area contributed by atoms with Gasteiger partial charge in [0, 0.05) is 11.8 Å². The zero-order valence-electron chi connectivity index (χ0n) is 10.3. The van der Waals surface area contributed by atoms with Crippen molar-refractivity contribution in [1.82, 2.24) is 24.6 Å². The molecule has 4 aromatic rings. The minimum absolute atomic E-state index is 0.755. The summed E-state index contributed by atoms with van der Waals surface area (Å²) in [6.45, 7) is 2.08. The van der Waals surface area contributed by atoms with Crippen LogP contribution >= 0.6 is 0 Å². The van der Waals surface area contributed by atoms with Gasteiger partial charge in [0.05, 0.1) is 11.7 Å². The molecule has 1 aromatic carbocycles. The molecule has 0 bridgehead atoms. The molecule has 0 radical (unpaired) electrons. The Balaban J connectivity index is 2.16. The summed E-state index contributed by atoms with van der Waals surface area (Å²) in [5.41, 5.74) is 4.84. The molecule has 0 aliphatic rings. The molecule has 5 nitrogen and oxygen atoms in total. The summed E-state index contributed by atoms with van der Waals surface area (Å²) in [6, 6.07) is 10.2. The van der Waals surface area contributed by atoms with Gasteiger partial charge in [-0.15, -0.1) is 10.2 Å². The lowest BCUT2D eigenvalue weighted by atomic mass is 10.1. The van der Waals surface area contributed by atoms with Crippen molar-refractivity contribution in [2.75, 3.05) is 0 Å². The number of hydrogen-bond acceptors (Lipinski definition) is 3. The van der Waals surface area contributed by atoms with E-state index in [0.717, 1.165) is 28.2 Å². The maximum Gasteiger partial charge on any atom is 0.180 e. The summed E-state index contributed by atoms with van der Waals surface area (Å²) in [7, 11) is 0. The van der Waals surface area contributed by atoms with E-state index in [2.05, 4.69) is 39.2 Å². The average molecular weight is 249 g/mol. The van der Waals surface area contributed by atoms with E-state index in [1.54, 1.807) is 6.20 Å². The molecule has 92 valence electrons. The molecule has 0 aliphatic carbocycles. The zero-order chi connectivity index (χ0) is 12.8. The minimum atomic E-state index is 0.755. The van der Waals surface area contributed by atoms with Crippen LogP contribution in [-0.2, 0) is 0 Å². The summed E-state index contributed by atoms with van der Waals surface area (Å²) in [4.78, 5) is 7.43. The second kappa shape index (κ2) is 3.65. The topological polar surface area (TPSA) is 58.9 Å². The first kappa shape index (κ1) is 10.3. The highest BCUT2D eigenvalue weighted by atomic mass is 15.3. The summed E-state index contributed by atoms with van der Waals surface area (Å²) in [5, 5.41) is 8.52. The maximum atomic E-state index is 4.32. The van der Waals surface area contributed by atoms with Gasteiger partial charge in [0.15, 0.2) is 17.1 Å². The van der Waals surface area contributed by atoms with E-state index in [1.165, 1.54) is 5.56 Å². The van der Waals surface area contributed by atoms with Crippen LogP contribution in [0.15, 0.2) is 42.7 Å². The monoisotopic (exact) mass is 249 g/mol. The van der Waals surface area contributed by atoms with Crippen LogP contribution in [-0.4, -0.2) is 24.6 Å². The van der Waals surface area contributed by atoms with Crippen molar-refractivity contribution < 1.29 is 0 Å². The number of H-pyrrole nitrogens is 1. The molecular weight excluding hydrogens is 238 g/mol. The van der Waals surface area contributed by atoms with Gasteiger partial charge < -0.3 is 4.98 Å². The summed E-state index contributed by atoms with van der Waals surface area (Å²) < 4.78 is 2.03. The number of rotatable bonds is 1. The number of hydrogen-bond donors (Lipinski definition) is 1. The fraction of sp³-hybridized carbons (Fsp3) is 0.0714. The molecule has 1 N–H and O–H groups in total. The van der Waals surface area contributed by atoms with Gasteiger partial charge in [-0.2, -0.15) is 0 Å². The molecule has 0 unspecified atom stereocenters. The Morgan fingerprint density at radius 1 is 1.11 bits per heavy atom. The largest absolute Gasteiger partial charge is 0.345 e. The Kier molecular flexibility index (Phi) is 1.97. The van der Waals surface area contributed by atoms with Gasteiger partial charge in [0.25, 0.3) is 0 Å². The zero-order valence-corrected chi connectivity index (χ0v) is 10.3. The lowest BCUT2D eigenvalue weighted by Gasteiger charge is -2.04. The molecule has 4 rings (SSSR count). The Morgan fingerprint density at radius 3 is 2.89 bits per heavy atom. The van der Waals surface area contributed by atoms with Crippen LogP contribution in [0.2, 0.25) is 0 Å². The molecule has 3 heterocycles. The Labute approximate surface area is 108 Å². The SMILES string of the molecule is Cc1ccccc1-c1nnc2cnc3[nH]ccc3n12. The van der Waals surface area contributed by atoms with E-state index in [0.29, 0.717) is 0 Å². The molecule has 0 atom stereocenters. The number of benzene rings is 1. The van der Waals surface area contributed by atoms with E-state index in [9.17, 15) is 0 Å². The van der Waals surface area contributed by atoms with Crippen LogP contribution in [0, 0.1) is 6.92 Å². The van der Waals surface area contributed by atoms with Crippen molar-refractivity contribution in [3.05, 3.63) is 48.3 Å². The van der Waals surface area contributed by atoms with Crippen molar-refractivity contribution >= 4 is 16.8 Å². The van der Waals surface area contributed by atoms with Gasteiger partial charge in [0.1, 0.15) is 0 Å². The summed E-state index contributed by atoms with van der Waals surface area (Å²) in [6.07, 6.45) is 3.60. The molecule has 0 amide bonds. The molecule has 0 spiro atoms. The van der Waals surface area contributed by atoms with Crippen LogP contribution in [0.25, 0.3) is 28.2 Å². The predicted molar refractivity (Wildman–Crippen MR) is 72.8 cm³/mol. The normalized spacial score (nSPS) is 11.4. The number of nitrogens with zero attached hydrogens (tertiary/aromatic N) is 4. The number of aryl methyl sites for hydroxylation is 1. The second-order valence-corrected chi connectivity index (χ2v) is 4.50. The Hall–Kier alpha value is -2.69. The van der Waals surface area contributed by atoms with Crippen molar-refractivity contribution in [2.45, 2.75) is 6.92 Å². The van der Waals surface area contributed by atoms with Crippen LogP contribution in [0.4, 0.5) is 0 Å². The lowest BCUT2D eigenvalue weighted by Crippen LogP contribution is -1.93. The highest BCUT2D eigenvalue weighted by molar-refractivity contribution is 5.78. The van der Waals surface area contributed by atoms with E-state index in [-0.39, 0.29) is 0 Å². The second-order valence-electron chi connectivity index (χ2n) is 4.50. The third-order valence-corrected chi connectivity index (χ3v) is 3.33.